The molecule has 2 rings (SSSR count). The van der Waals surface area contributed by atoms with Gasteiger partial charge < -0.3 is 14.4 Å². The number of ether oxygens (including phenoxy) is 2. The van der Waals surface area contributed by atoms with Crippen molar-refractivity contribution < 1.29 is 19.1 Å². The summed E-state index contributed by atoms with van der Waals surface area (Å²) in [5.41, 5.74) is 0.467. The molecule has 1 heterocycles. The van der Waals surface area contributed by atoms with Gasteiger partial charge in [-0.15, -0.1) is 0 Å². The first kappa shape index (κ1) is 16.3. The third-order valence-corrected chi connectivity index (χ3v) is 3.64. The van der Waals surface area contributed by atoms with Crippen LogP contribution >= 0.6 is 0 Å². The molecule has 0 radical (unpaired) electrons. The highest BCUT2D eigenvalue weighted by Gasteiger charge is 2.18. The van der Waals surface area contributed by atoms with Gasteiger partial charge in [0.15, 0.2) is 0 Å². The summed E-state index contributed by atoms with van der Waals surface area (Å²) in [6.45, 7) is 3.97. The second-order valence-corrected chi connectivity index (χ2v) is 5.43. The lowest BCUT2D eigenvalue weighted by molar-refractivity contribution is 0.0499. The number of amides is 1. The lowest BCUT2D eigenvalue weighted by Crippen LogP contribution is -2.37. The minimum atomic E-state index is -0.345. The van der Waals surface area contributed by atoms with E-state index in [1.165, 1.54) is 6.42 Å². The topological polar surface area (TPSA) is 55.8 Å². The van der Waals surface area contributed by atoms with Crippen molar-refractivity contribution in [1.29, 1.82) is 0 Å². The van der Waals surface area contributed by atoms with Gasteiger partial charge in [0.25, 0.3) is 0 Å². The van der Waals surface area contributed by atoms with Crippen molar-refractivity contribution in [3.8, 4) is 5.75 Å². The van der Waals surface area contributed by atoms with Gasteiger partial charge in [-0.25, -0.2) is 9.59 Å². The number of carbonyl (C=O) groups is 2. The van der Waals surface area contributed by atoms with Crippen molar-refractivity contribution in [2.24, 2.45) is 0 Å². The van der Waals surface area contributed by atoms with Gasteiger partial charge in [0.05, 0.1) is 12.2 Å². The Morgan fingerprint density at radius 2 is 1.77 bits per heavy atom. The average molecular weight is 305 g/mol. The highest BCUT2D eigenvalue weighted by molar-refractivity contribution is 5.89. The van der Waals surface area contributed by atoms with Gasteiger partial charge in [-0.3, -0.25) is 0 Å². The van der Waals surface area contributed by atoms with Crippen molar-refractivity contribution in [3.63, 3.8) is 0 Å². The van der Waals surface area contributed by atoms with Crippen LogP contribution in [0, 0.1) is 0 Å². The van der Waals surface area contributed by atoms with E-state index < -0.39 is 0 Å². The molecule has 0 unspecified atom stereocenters. The SMILES string of the molecule is CCCCOC(=O)c1ccc(OC(=O)N2CCCCC2)cc1. The Kier molecular flexibility index (Phi) is 6.25. The van der Waals surface area contributed by atoms with E-state index in [0.29, 0.717) is 17.9 Å². The number of unbranched alkanes of at least 4 members (excludes halogenated alkanes) is 1. The minimum absolute atomic E-state index is 0.321. The van der Waals surface area contributed by atoms with Crippen molar-refractivity contribution in [2.75, 3.05) is 19.7 Å². The third-order valence-electron chi connectivity index (χ3n) is 3.64. The number of benzene rings is 1. The standard InChI is InChI=1S/C17H23NO4/c1-2-3-13-21-16(19)14-7-9-15(10-8-14)22-17(20)18-11-5-4-6-12-18/h7-10H,2-6,11-13H2,1H3. The summed E-state index contributed by atoms with van der Waals surface area (Å²) in [6.07, 6.45) is 4.74. The summed E-state index contributed by atoms with van der Waals surface area (Å²) in [5, 5.41) is 0. The second kappa shape index (κ2) is 8.41. The van der Waals surface area contributed by atoms with Crippen LogP contribution in [0.1, 0.15) is 49.4 Å². The summed E-state index contributed by atoms with van der Waals surface area (Å²) >= 11 is 0. The minimum Gasteiger partial charge on any atom is -0.462 e. The first-order valence-corrected chi connectivity index (χ1v) is 7.94. The van der Waals surface area contributed by atoms with E-state index in [2.05, 4.69) is 0 Å². The first-order valence-electron chi connectivity index (χ1n) is 7.94. The third kappa shape index (κ3) is 4.76. The van der Waals surface area contributed by atoms with Gasteiger partial charge in [-0.05, 0) is 49.9 Å². The maximum absolute atomic E-state index is 12.0. The Bertz CT molecular complexity index is 492. The molecule has 1 fully saturated rings. The van der Waals surface area contributed by atoms with Gasteiger partial charge in [0.2, 0.25) is 0 Å². The van der Waals surface area contributed by atoms with Crippen LogP contribution in [-0.4, -0.2) is 36.7 Å². The molecule has 1 saturated heterocycles. The fourth-order valence-corrected chi connectivity index (χ4v) is 2.29. The van der Waals surface area contributed by atoms with Crippen LogP contribution in [0.25, 0.3) is 0 Å². The number of piperidine rings is 1. The monoisotopic (exact) mass is 305 g/mol. The van der Waals surface area contributed by atoms with Crippen LogP contribution in [0.4, 0.5) is 4.79 Å². The zero-order valence-corrected chi connectivity index (χ0v) is 13.0. The summed E-state index contributed by atoms with van der Waals surface area (Å²) in [6, 6.07) is 6.48. The van der Waals surface area contributed by atoms with Crippen molar-refractivity contribution >= 4 is 12.1 Å². The maximum Gasteiger partial charge on any atom is 0.415 e. The van der Waals surface area contributed by atoms with Gasteiger partial charge >= 0.3 is 12.1 Å². The summed E-state index contributed by atoms with van der Waals surface area (Å²) < 4.78 is 10.5. The quantitative estimate of drug-likeness (QED) is 0.616. The molecule has 1 aromatic carbocycles. The fourth-order valence-electron chi connectivity index (χ4n) is 2.29. The molecule has 0 spiro atoms. The number of rotatable bonds is 5. The van der Waals surface area contributed by atoms with Crippen LogP contribution in [0.3, 0.4) is 0 Å². The highest BCUT2D eigenvalue weighted by atomic mass is 16.6. The van der Waals surface area contributed by atoms with E-state index >= 15 is 0 Å². The zero-order chi connectivity index (χ0) is 15.8. The molecule has 0 bridgehead atoms. The summed E-state index contributed by atoms with van der Waals surface area (Å²) in [7, 11) is 0. The summed E-state index contributed by atoms with van der Waals surface area (Å²) in [4.78, 5) is 25.5. The molecule has 5 heteroatoms. The van der Waals surface area contributed by atoms with E-state index in [4.69, 9.17) is 9.47 Å². The molecular weight excluding hydrogens is 282 g/mol. The molecule has 22 heavy (non-hydrogen) atoms. The van der Waals surface area contributed by atoms with Crippen molar-refractivity contribution in [2.45, 2.75) is 39.0 Å². The number of carbonyl (C=O) groups excluding carboxylic acids is 2. The zero-order valence-electron chi connectivity index (χ0n) is 13.0. The van der Waals surface area contributed by atoms with E-state index in [1.807, 2.05) is 6.92 Å². The normalized spacial score (nSPS) is 14.5. The first-order chi connectivity index (χ1) is 10.7. The smallest absolute Gasteiger partial charge is 0.415 e. The highest BCUT2D eigenvalue weighted by Crippen LogP contribution is 2.16. The van der Waals surface area contributed by atoms with Gasteiger partial charge in [0, 0.05) is 13.1 Å². The van der Waals surface area contributed by atoms with Crippen molar-refractivity contribution in [1.82, 2.24) is 4.90 Å². The number of nitrogens with zero attached hydrogens (tertiary/aromatic N) is 1. The van der Waals surface area contributed by atoms with E-state index in [-0.39, 0.29) is 12.1 Å². The largest absolute Gasteiger partial charge is 0.462 e. The van der Waals surface area contributed by atoms with Gasteiger partial charge in [0.1, 0.15) is 5.75 Å². The molecule has 0 atom stereocenters. The van der Waals surface area contributed by atoms with Crippen molar-refractivity contribution in [3.05, 3.63) is 29.8 Å². The lowest BCUT2D eigenvalue weighted by atomic mass is 10.1. The molecule has 0 N–H and O–H groups in total. The average Bonchev–Trinajstić information content (AvgIpc) is 2.56. The molecule has 0 aliphatic carbocycles. The van der Waals surface area contributed by atoms with Crippen LogP contribution in [0.2, 0.25) is 0 Å². The molecule has 0 aromatic heterocycles. The molecule has 1 aliphatic heterocycles. The van der Waals surface area contributed by atoms with Crippen LogP contribution in [0.15, 0.2) is 24.3 Å². The molecule has 0 saturated carbocycles. The van der Waals surface area contributed by atoms with E-state index in [0.717, 1.165) is 38.8 Å². The molecule has 5 nitrogen and oxygen atoms in total. The van der Waals surface area contributed by atoms with E-state index in [9.17, 15) is 9.59 Å². The Hall–Kier alpha value is -2.04. The predicted octanol–water partition coefficient (Wildman–Crippen LogP) is 3.63. The Balaban J connectivity index is 1.85. The predicted molar refractivity (Wildman–Crippen MR) is 83.1 cm³/mol. The Labute approximate surface area is 131 Å². The Morgan fingerprint density at radius 1 is 1.09 bits per heavy atom. The van der Waals surface area contributed by atoms with Gasteiger partial charge in [-0.2, -0.15) is 0 Å². The fraction of sp³-hybridized carbons (Fsp3) is 0.529. The van der Waals surface area contributed by atoms with Crippen LogP contribution < -0.4 is 4.74 Å². The lowest BCUT2D eigenvalue weighted by Gasteiger charge is -2.25. The number of esters is 1. The van der Waals surface area contributed by atoms with Crippen LogP contribution in [0.5, 0.6) is 5.75 Å². The summed E-state index contributed by atoms with van der Waals surface area (Å²) in [5.74, 6) is 0.100. The number of hydrogen-bond donors (Lipinski definition) is 0. The molecule has 1 aromatic rings. The second-order valence-electron chi connectivity index (χ2n) is 5.43. The maximum atomic E-state index is 12.0. The van der Waals surface area contributed by atoms with E-state index in [1.54, 1.807) is 29.2 Å². The number of likely N-dealkylation sites (tertiary alicyclic amines) is 1. The molecule has 120 valence electrons. The Morgan fingerprint density at radius 3 is 2.41 bits per heavy atom. The van der Waals surface area contributed by atoms with Crippen LogP contribution in [-0.2, 0) is 4.74 Å². The molecular formula is C17H23NO4. The molecule has 1 amide bonds. The number of hydrogen-bond acceptors (Lipinski definition) is 4. The molecule has 1 aliphatic rings. The van der Waals surface area contributed by atoms with Gasteiger partial charge in [-0.1, -0.05) is 13.3 Å².